The van der Waals surface area contributed by atoms with Crippen LogP contribution < -0.4 is 5.73 Å². The Bertz CT molecular complexity index is 664. The molecule has 0 bridgehead atoms. The summed E-state index contributed by atoms with van der Waals surface area (Å²) in [5.41, 5.74) is 10.0. The maximum Gasteiger partial charge on any atom is 0.290 e. The van der Waals surface area contributed by atoms with Crippen LogP contribution >= 0.6 is 0 Å². The number of hydrogen-bond donors (Lipinski definition) is 1. The van der Waals surface area contributed by atoms with E-state index in [1.165, 1.54) is 27.2 Å². The van der Waals surface area contributed by atoms with Gasteiger partial charge in [0.1, 0.15) is 0 Å². The van der Waals surface area contributed by atoms with Gasteiger partial charge in [-0.15, -0.1) is 0 Å². The van der Waals surface area contributed by atoms with E-state index in [1.807, 2.05) is 26.0 Å². The molecule has 0 aliphatic carbocycles. The van der Waals surface area contributed by atoms with Crippen molar-refractivity contribution in [2.75, 3.05) is 13.1 Å². The fourth-order valence-electron chi connectivity index (χ4n) is 2.67. The molecule has 5 nitrogen and oxygen atoms in total. The molecule has 2 N–H and O–H groups in total. The molecule has 0 rings (SSSR count). The van der Waals surface area contributed by atoms with Crippen LogP contribution in [-0.2, 0) is 14.4 Å². The van der Waals surface area contributed by atoms with Gasteiger partial charge in [0.15, 0.2) is 0 Å². The van der Waals surface area contributed by atoms with E-state index >= 15 is 0 Å². The Hall–Kier alpha value is -2.43. The van der Waals surface area contributed by atoms with Crippen LogP contribution in [0, 0.1) is 0 Å². The van der Waals surface area contributed by atoms with Crippen molar-refractivity contribution in [3.63, 3.8) is 0 Å². The zero-order valence-corrected chi connectivity index (χ0v) is 19.7. The second kappa shape index (κ2) is 15.4. The van der Waals surface area contributed by atoms with Gasteiger partial charge in [-0.25, -0.2) is 0 Å². The maximum atomic E-state index is 12.6. The number of Topliss-reactive ketones (excluding diaryl/α,β-unsaturated/α-hetero) is 1. The number of primary amides is 1. The normalized spacial score (nSPS) is 11.7. The predicted octanol–water partition coefficient (Wildman–Crippen LogP) is 5.04. The summed E-state index contributed by atoms with van der Waals surface area (Å²) in [6, 6.07) is 0. The highest BCUT2D eigenvalue weighted by Crippen LogP contribution is 2.10. The first-order valence-corrected chi connectivity index (χ1v) is 10.7. The summed E-state index contributed by atoms with van der Waals surface area (Å²) in [6.45, 7) is 13.1. The number of amides is 2. The number of carbonyl (C=O) groups is 3. The molecular weight excluding hydrogens is 376 g/mol. The lowest BCUT2D eigenvalue weighted by Crippen LogP contribution is -2.37. The van der Waals surface area contributed by atoms with E-state index in [4.69, 9.17) is 5.73 Å². The van der Waals surface area contributed by atoms with Crippen molar-refractivity contribution >= 4 is 17.6 Å². The van der Waals surface area contributed by atoms with E-state index in [9.17, 15) is 14.4 Å². The minimum absolute atomic E-state index is 0.104. The largest absolute Gasteiger partial charge is 0.370 e. The molecule has 5 heteroatoms. The number of rotatable bonds is 14. The summed E-state index contributed by atoms with van der Waals surface area (Å²) in [4.78, 5) is 37.3. The molecule has 0 aliphatic rings. The second-order valence-corrected chi connectivity index (χ2v) is 8.34. The smallest absolute Gasteiger partial charge is 0.290 e. The third-order valence-electron chi connectivity index (χ3n) is 4.63. The number of nitrogens with two attached hydrogens (primary N) is 1. The van der Waals surface area contributed by atoms with E-state index in [2.05, 4.69) is 39.8 Å². The molecule has 0 saturated heterocycles. The van der Waals surface area contributed by atoms with Gasteiger partial charge in [-0.05, 0) is 67.2 Å². The molecule has 0 aromatic heterocycles. The average Bonchev–Trinajstić information content (AvgIpc) is 2.64. The lowest BCUT2D eigenvalue weighted by Gasteiger charge is -2.20. The second-order valence-electron chi connectivity index (χ2n) is 8.34. The SMILES string of the molecule is CC(C)=CCC/C(C)=C/CN(C/C=C(\C)CCC=C(C)C)C(=O)C(=O)CCC(N)=O. The fourth-order valence-corrected chi connectivity index (χ4v) is 2.67. The average molecular weight is 417 g/mol. The Morgan fingerprint density at radius 3 is 1.47 bits per heavy atom. The standard InChI is InChI=1S/C25H40N2O3/c1-19(2)9-7-11-21(5)15-17-27(25(30)23(28)13-14-24(26)29)18-16-22(6)12-8-10-20(3)4/h9-10,15-16H,7-8,11-14,17-18H2,1-6H3,(H2,26,29)/b21-15+,22-16+. The van der Waals surface area contributed by atoms with Crippen molar-refractivity contribution < 1.29 is 14.4 Å². The summed E-state index contributed by atoms with van der Waals surface area (Å²) in [5.74, 6) is -1.70. The quantitative estimate of drug-likeness (QED) is 0.318. The number of ketones is 1. The van der Waals surface area contributed by atoms with Crippen LogP contribution in [0.1, 0.15) is 80.1 Å². The van der Waals surface area contributed by atoms with Gasteiger partial charge < -0.3 is 10.6 Å². The van der Waals surface area contributed by atoms with Crippen molar-refractivity contribution in [2.24, 2.45) is 5.73 Å². The lowest BCUT2D eigenvalue weighted by atomic mass is 10.1. The highest BCUT2D eigenvalue weighted by atomic mass is 16.2. The first kappa shape index (κ1) is 27.6. The van der Waals surface area contributed by atoms with E-state index in [-0.39, 0.29) is 12.8 Å². The van der Waals surface area contributed by atoms with Gasteiger partial charge in [0, 0.05) is 25.9 Å². The minimum atomic E-state index is -0.576. The van der Waals surface area contributed by atoms with Crippen LogP contribution in [0.4, 0.5) is 0 Å². The number of hydrogen-bond acceptors (Lipinski definition) is 3. The number of allylic oxidation sites excluding steroid dienone is 6. The van der Waals surface area contributed by atoms with Gasteiger partial charge in [0.25, 0.3) is 5.91 Å². The Labute approximate surface area is 182 Å². The summed E-state index contributed by atoms with van der Waals surface area (Å²) in [7, 11) is 0. The van der Waals surface area contributed by atoms with Crippen LogP contribution in [0.25, 0.3) is 0 Å². The van der Waals surface area contributed by atoms with Crippen LogP contribution in [0.15, 0.2) is 46.6 Å². The van der Waals surface area contributed by atoms with Gasteiger partial charge >= 0.3 is 0 Å². The highest BCUT2D eigenvalue weighted by Gasteiger charge is 2.20. The Morgan fingerprint density at radius 2 is 1.10 bits per heavy atom. The summed E-state index contributed by atoms with van der Waals surface area (Å²) in [6.07, 6.45) is 11.9. The fraction of sp³-hybridized carbons (Fsp3) is 0.560. The molecule has 0 spiro atoms. The Kier molecular flexibility index (Phi) is 14.2. The lowest BCUT2D eigenvalue weighted by molar-refractivity contribution is -0.144. The monoisotopic (exact) mass is 416 g/mol. The predicted molar refractivity (Wildman–Crippen MR) is 125 cm³/mol. The van der Waals surface area contributed by atoms with Gasteiger partial charge in [-0.1, -0.05) is 46.6 Å². The van der Waals surface area contributed by atoms with E-state index in [1.54, 1.807) is 0 Å². The van der Waals surface area contributed by atoms with Gasteiger partial charge in [0.2, 0.25) is 11.7 Å². The first-order chi connectivity index (χ1) is 14.0. The summed E-state index contributed by atoms with van der Waals surface area (Å²) >= 11 is 0. The van der Waals surface area contributed by atoms with Crippen molar-refractivity contribution in [1.82, 2.24) is 4.90 Å². The molecule has 0 radical (unpaired) electrons. The van der Waals surface area contributed by atoms with Crippen LogP contribution in [0.3, 0.4) is 0 Å². The summed E-state index contributed by atoms with van der Waals surface area (Å²) < 4.78 is 0. The molecule has 168 valence electrons. The van der Waals surface area contributed by atoms with Crippen LogP contribution in [0.2, 0.25) is 0 Å². The molecule has 0 aromatic rings. The molecule has 0 atom stereocenters. The van der Waals surface area contributed by atoms with Crippen LogP contribution in [-0.4, -0.2) is 35.6 Å². The Balaban J connectivity index is 5.13. The third-order valence-corrected chi connectivity index (χ3v) is 4.63. The maximum absolute atomic E-state index is 12.6. The molecular formula is C25H40N2O3. The molecule has 0 heterocycles. The Morgan fingerprint density at radius 1 is 0.667 bits per heavy atom. The highest BCUT2D eigenvalue weighted by molar-refractivity contribution is 6.36. The number of carbonyl (C=O) groups excluding carboxylic acids is 3. The van der Waals surface area contributed by atoms with Crippen LogP contribution in [0.5, 0.6) is 0 Å². The third kappa shape index (κ3) is 14.6. The van der Waals surface area contributed by atoms with E-state index in [0.717, 1.165) is 25.7 Å². The zero-order chi connectivity index (χ0) is 23.1. The summed E-state index contributed by atoms with van der Waals surface area (Å²) in [5, 5.41) is 0. The molecule has 0 fully saturated rings. The van der Waals surface area contributed by atoms with Crippen molar-refractivity contribution in [2.45, 2.75) is 80.1 Å². The first-order valence-electron chi connectivity index (χ1n) is 10.7. The van der Waals surface area contributed by atoms with Crippen molar-refractivity contribution in [3.8, 4) is 0 Å². The molecule has 0 unspecified atom stereocenters. The van der Waals surface area contributed by atoms with Gasteiger partial charge in [-0.2, -0.15) is 0 Å². The zero-order valence-electron chi connectivity index (χ0n) is 19.7. The topological polar surface area (TPSA) is 80.5 Å². The van der Waals surface area contributed by atoms with E-state index in [0.29, 0.717) is 13.1 Å². The van der Waals surface area contributed by atoms with E-state index < -0.39 is 17.6 Å². The van der Waals surface area contributed by atoms with Gasteiger partial charge in [-0.3, -0.25) is 14.4 Å². The molecule has 2 amide bonds. The molecule has 0 saturated carbocycles. The molecule has 0 aliphatic heterocycles. The van der Waals surface area contributed by atoms with Crippen molar-refractivity contribution in [3.05, 3.63) is 46.6 Å². The molecule has 0 aromatic carbocycles. The molecule has 30 heavy (non-hydrogen) atoms. The minimum Gasteiger partial charge on any atom is -0.370 e. The van der Waals surface area contributed by atoms with Crippen molar-refractivity contribution in [1.29, 1.82) is 0 Å². The number of nitrogens with zero attached hydrogens (tertiary/aromatic N) is 1. The van der Waals surface area contributed by atoms with Gasteiger partial charge in [0.05, 0.1) is 0 Å².